The van der Waals surface area contributed by atoms with Gasteiger partial charge in [-0.3, -0.25) is 9.89 Å². The lowest BCUT2D eigenvalue weighted by atomic mass is 10.1. The maximum atomic E-state index is 12.9. The second kappa shape index (κ2) is 6.11. The van der Waals surface area contributed by atoms with Crippen molar-refractivity contribution in [2.45, 2.75) is 13.0 Å². The Kier molecular flexibility index (Phi) is 4.02. The first kappa shape index (κ1) is 14.5. The molecule has 3 aromatic rings. The lowest BCUT2D eigenvalue weighted by Gasteiger charge is -2.10. The molecule has 0 radical (unpaired) electrons. The van der Waals surface area contributed by atoms with Crippen LogP contribution >= 0.6 is 11.3 Å². The molecule has 2 N–H and O–H groups in total. The van der Waals surface area contributed by atoms with Gasteiger partial charge in [0.15, 0.2) is 0 Å². The number of rotatable bonds is 4. The van der Waals surface area contributed by atoms with Crippen LogP contribution in [0.4, 0.5) is 4.39 Å². The molecule has 112 valence electrons. The molecule has 0 saturated carbocycles. The fraction of sp³-hybridized carbons (Fsp3) is 0.125. The standard InChI is InChI=1S/C16H14FN3OS/c1-10(15-3-2-8-22-15)18-16(21)14-9-13(19-20-14)11-4-6-12(17)7-5-11/h2-10H,1H3,(H,18,21)(H,19,20)/t10-/m0/s1. The van der Waals surface area contributed by atoms with Crippen molar-refractivity contribution in [3.8, 4) is 11.3 Å². The predicted molar refractivity (Wildman–Crippen MR) is 84.2 cm³/mol. The lowest BCUT2D eigenvalue weighted by molar-refractivity contribution is 0.0935. The topological polar surface area (TPSA) is 57.8 Å². The Bertz CT molecular complexity index is 765. The molecule has 0 spiro atoms. The summed E-state index contributed by atoms with van der Waals surface area (Å²) in [6.45, 7) is 1.93. The Hall–Kier alpha value is -2.47. The van der Waals surface area contributed by atoms with Gasteiger partial charge in [-0.2, -0.15) is 5.10 Å². The number of aromatic nitrogens is 2. The van der Waals surface area contributed by atoms with E-state index in [1.807, 2.05) is 24.4 Å². The normalized spacial score (nSPS) is 12.1. The van der Waals surface area contributed by atoms with Crippen LogP contribution in [-0.2, 0) is 0 Å². The molecule has 0 aliphatic carbocycles. The third-order valence-electron chi connectivity index (χ3n) is 3.28. The van der Waals surface area contributed by atoms with Crippen molar-refractivity contribution in [1.29, 1.82) is 0 Å². The van der Waals surface area contributed by atoms with Crippen LogP contribution in [0.25, 0.3) is 11.3 Å². The summed E-state index contributed by atoms with van der Waals surface area (Å²) in [4.78, 5) is 13.3. The molecular formula is C16H14FN3OS. The van der Waals surface area contributed by atoms with E-state index in [0.29, 0.717) is 11.4 Å². The highest BCUT2D eigenvalue weighted by Gasteiger charge is 2.15. The van der Waals surface area contributed by atoms with Crippen LogP contribution in [-0.4, -0.2) is 16.1 Å². The highest BCUT2D eigenvalue weighted by Crippen LogP contribution is 2.20. The number of nitrogens with one attached hydrogen (secondary N) is 2. The number of hydrogen-bond donors (Lipinski definition) is 2. The van der Waals surface area contributed by atoms with Gasteiger partial charge in [-0.25, -0.2) is 4.39 Å². The Morgan fingerprint density at radius 3 is 2.77 bits per heavy atom. The summed E-state index contributed by atoms with van der Waals surface area (Å²) in [6.07, 6.45) is 0. The molecular weight excluding hydrogens is 301 g/mol. The highest BCUT2D eigenvalue weighted by molar-refractivity contribution is 7.10. The molecule has 2 heterocycles. The molecule has 1 aromatic carbocycles. The molecule has 1 amide bonds. The number of amides is 1. The summed E-state index contributed by atoms with van der Waals surface area (Å²) >= 11 is 1.60. The maximum absolute atomic E-state index is 12.9. The van der Waals surface area contributed by atoms with Crippen LogP contribution in [0.15, 0.2) is 47.8 Å². The zero-order chi connectivity index (χ0) is 15.5. The molecule has 0 aliphatic heterocycles. The first-order valence-electron chi connectivity index (χ1n) is 6.79. The molecule has 0 fully saturated rings. The number of thiophene rings is 1. The summed E-state index contributed by atoms with van der Waals surface area (Å²) in [5.41, 5.74) is 1.74. The van der Waals surface area contributed by atoms with Crippen LogP contribution in [0.2, 0.25) is 0 Å². The van der Waals surface area contributed by atoms with Gasteiger partial charge in [0, 0.05) is 10.4 Å². The summed E-state index contributed by atoms with van der Waals surface area (Å²) in [7, 11) is 0. The number of carbonyl (C=O) groups excluding carboxylic acids is 1. The molecule has 4 nitrogen and oxygen atoms in total. The minimum atomic E-state index is -0.304. The molecule has 2 aromatic heterocycles. The zero-order valence-electron chi connectivity index (χ0n) is 11.8. The molecule has 1 atom stereocenters. The maximum Gasteiger partial charge on any atom is 0.269 e. The number of benzene rings is 1. The Labute approximate surface area is 131 Å². The molecule has 0 aliphatic rings. The van der Waals surface area contributed by atoms with Gasteiger partial charge in [0.2, 0.25) is 0 Å². The van der Waals surface area contributed by atoms with Gasteiger partial charge in [-0.05, 0) is 48.7 Å². The van der Waals surface area contributed by atoms with E-state index in [9.17, 15) is 9.18 Å². The van der Waals surface area contributed by atoms with E-state index in [1.165, 1.54) is 12.1 Å². The molecule has 22 heavy (non-hydrogen) atoms. The zero-order valence-corrected chi connectivity index (χ0v) is 12.7. The van der Waals surface area contributed by atoms with E-state index in [1.54, 1.807) is 29.5 Å². The number of carbonyl (C=O) groups is 1. The summed E-state index contributed by atoms with van der Waals surface area (Å²) in [5.74, 6) is -0.524. The molecule has 6 heteroatoms. The number of nitrogens with zero attached hydrogens (tertiary/aromatic N) is 1. The van der Waals surface area contributed by atoms with Gasteiger partial charge in [0.1, 0.15) is 11.5 Å². The fourth-order valence-corrected chi connectivity index (χ4v) is 2.82. The average molecular weight is 315 g/mol. The van der Waals surface area contributed by atoms with Crippen molar-refractivity contribution < 1.29 is 9.18 Å². The van der Waals surface area contributed by atoms with E-state index in [0.717, 1.165) is 10.4 Å². The average Bonchev–Trinajstić information content (AvgIpc) is 3.20. The predicted octanol–water partition coefficient (Wildman–Crippen LogP) is 3.77. The fourth-order valence-electron chi connectivity index (χ4n) is 2.09. The second-order valence-electron chi connectivity index (χ2n) is 4.88. The van der Waals surface area contributed by atoms with Gasteiger partial charge in [-0.1, -0.05) is 6.07 Å². The van der Waals surface area contributed by atoms with Crippen molar-refractivity contribution >= 4 is 17.2 Å². The van der Waals surface area contributed by atoms with Crippen molar-refractivity contribution in [3.63, 3.8) is 0 Å². The number of aromatic amines is 1. The second-order valence-corrected chi connectivity index (χ2v) is 5.86. The Balaban J connectivity index is 1.73. The van der Waals surface area contributed by atoms with Gasteiger partial charge >= 0.3 is 0 Å². The van der Waals surface area contributed by atoms with Crippen molar-refractivity contribution in [1.82, 2.24) is 15.5 Å². The van der Waals surface area contributed by atoms with Gasteiger partial charge in [-0.15, -0.1) is 11.3 Å². The minimum Gasteiger partial charge on any atom is -0.343 e. The summed E-state index contributed by atoms with van der Waals surface area (Å²) in [5, 5.41) is 11.7. The molecule has 3 rings (SSSR count). The van der Waals surface area contributed by atoms with Crippen LogP contribution < -0.4 is 5.32 Å². The minimum absolute atomic E-state index is 0.0647. The highest BCUT2D eigenvalue weighted by atomic mass is 32.1. The largest absolute Gasteiger partial charge is 0.343 e. The molecule has 0 saturated heterocycles. The molecule has 0 unspecified atom stereocenters. The van der Waals surface area contributed by atoms with E-state index < -0.39 is 0 Å². The van der Waals surface area contributed by atoms with E-state index in [4.69, 9.17) is 0 Å². The van der Waals surface area contributed by atoms with E-state index >= 15 is 0 Å². The number of halogens is 1. The summed E-state index contributed by atoms with van der Waals surface area (Å²) in [6, 6.07) is 11.5. The smallest absolute Gasteiger partial charge is 0.269 e. The van der Waals surface area contributed by atoms with Gasteiger partial charge in [0.25, 0.3) is 5.91 Å². The van der Waals surface area contributed by atoms with Gasteiger partial charge < -0.3 is 5.32 Å². The lowest BCUT2D eigenvalue weighted by Crippen LogP contribution is -2.26. The Morgan fingerprint density at radius 1 is 1.32 bits per heavy atom. The summed E-state index contributed by atoms with van der Waals surface area (Å²) < 4.78 is 12.9. The van der Waals surface area contributed by atoms with Crippen LogP contribution in [0.5, 0.6) is 0 Å². The number of hydrogen-bond acceptors (Lipinski definition) is 3. The van der Waals surface area contributed by atoms with E-state index in [2.05, 4.69) is 15.5 Å². The van der Waals surface area contributed by atoms with Crippen LogP contribution in [0.1, 0.15) is 28.3 Å². The third-order valence-corrected chi connectivity index (χ3v) is 4.34. The van der Waals surface area contributed by atoms with Crippen molar-refractivity contribution in [2.24, 2.45) is 0 Å². The molecule has 0 bridgehead atoms. The van der Waals surface area contributed by atoms with Crippen molar-refractivity contribution in [3.05, 3.63) is 64.2 Å². The third kappa shape index (κ3) is 3.07. The Morgan fingerprint density at radius 2 is 2.09 bits per heavy atom. The van der Waals surface area contributed by atoms with Gasteiger partial charge in [0.05, 0.1) is 11.7 Å². The monoisotopic (exact) mass is 315 g/mol. The van der Waals surface area contributed by atoms with E-state index in [-0.39, 0.29) is 17.8 Å². The van der Waals surface area contributed by atoms with Crippen LogP contribution in [0.3, 0.4) is 0 Å². The van der Waals surface area contributed by atoms with Crippen molar-refractivity contribution in [2.75, 3.05) is 0 Å². The SMILES string of the molecule is C[C@H](NC(=O)c1cc(-c2ccc(F)cc2)n[nH]1)c1cccs1. The van der Waals surface area contributed by atoms with Crippen LogP contribution in [0, 0.1) is 5.82 Å². The number of H-pyrrole nitrogens is 1. The first-order chi connectivity index (χ1) is 10.6. The first-order valence-corrected chi connectivity index (χ1v) is 7.67. The quantitative estimate of drug-likeness (QED) is 0.770.